The topological polar surface area (TPSA) is 162 Å². The van der Waals surface area contributed by atoms with Crippen molar-refractivity contribution in [3.8, 4) is 0 Å². The number of ether oxygens (including phenoxy) is 5. The number of halogens is 1. The second-order valence-corrected chi connectivity index (χ2v) is 11.9. The Morgan fingerprint density at radius 3 is 2.68 bits per heavy atom. The lowest BCUT2D eigenvalue weighted by Crippen LogP contribution is -2.44. The summed E-state index contributed by atoms with van der Waals surface area (Å²) in [6.07, 6.45) is -0.478. The van der Waals surface area contributed by atoms with Gasteiger partial charge in [-0.3, -0.25) is 4.57 Å². The molecule has 2 fully saturated rings. The number of amides is 1. The molecule has 0 saturated carbocycles. The minimum atomic E-state index is -0.843. The molecule has 0 aromatic carbocycles. The number of aromatic nitrogens is 4. The Balaban J connectivity index is 1.41. The van der Waals surface area contributed by atoms with Gasteiger partial charge in [-0.15, -0.1) is 0 Å². The lowest BCUT2D eigenvalue weighted by molar-refractivity contribution is -0.193. The average Bonchev–Trinajstić information content (AvgIpc) is 3.45. The number of hydrogen-bond acceptors (Lipinski definition) is 12. The van der Waals surface area contributed by atoms with E-state index in [2.05, 4.69) is 20.3 Å². The molecule has 0 aliphatic carbocycles. The minimum absolute atomic E-state index is 0.00229. The van der Waals surface area contributed by atoms with E-state index in [4.69, 9.17) is 41.0 Å². The maximum absolute atomic E-state index is 12.2. The van der Waals surface area contributed by atoms with Gasteiger partial charge in [-0.25, -0.2) is 14.6 Å². The van der Waals surface area contributed by atoms with Crippen LogP contribution in [0.25, 0.3) is 11.2 Å². The van der Waals surface area contributed by atoms with Crippen LogP contribution in [0.1, 0.15) is 47.3 Å². The number of methoxy groups -OCH3 is 1. The highest BCUT2D eigenvalue weighted by Gasteiger charge is 2.56. The van der Waals surface area contributed by atoms with E-state index in [-0.39, 0.29) is 23.3 Å². The van der Waals surface area contributed by atoms with E-state index in [1.54, 1.807) is 43.4 Å². The molecule has 0 bridgehead atoms. The van der Waals surface area contributed by atoms with Crippen molar-refractivity contribution in [1.29, 1.82) is 0 Å². The van der Waals surface area contributed by atoms with Crippen LogP contribution < -0.4 is 11.1 Å². The fourth-order valence-electron chi connectivity index (χ4n) is 4.36. The minimum Gasteiger partial charge on any atom is -0.467 e. The van der Waals surface area contributed by atoms with Crippen LogP contribution in [-0.4, -0.2) is 85.9 Å². The molecule has 2 aromatic rings. The monoisotopic (exact) mass is 572 g/mol. The summed E-state index contributed by atoms with van der Waals surface area (Å²) >= 11 is 7.59. The van der Waals surface area contributed by atoms with Crippen molar-refractivity contribution in [2.75, 3.05) is 24.3 Å². The highest BCUT2D eigenvalue weighted by molar-refractivity contribution is 7.99. The summed E-state index contributed by atoms with van der Waals surface area (Å²) in [5.74, 6) is -0.105. The number of carbonyl (C=O) groups excluding carboxylic acids is 2. The van der Waals surface area contributed by atoms with Crippen molar-refractivity contribution >= 4 is 52.4 Å². The van der Waals surface area contributed by atoms with Crippen LogP contribution in [0.15, 0.2) is 6.33 Å². The van der Waals surface area contributed by atoms with Gasteiger partial charge >= 0.3 is 12.1 Å². The van der Waals surface area contributed by atoms with Crippen LogP contribution in [-0.2, 0) is 28.5 Å². The Morgan fingerprint density at radius 1 is 1.29 bits per heavy atom. The van der Waals surface area contributed by atoms with Gasteiger partial charge in [0.05, 0.1) is 19.5 Å². The van der Waals surface area contributed by atoms with Crippen molar-refractivity contribution in [3.05, 3.63) is 11.6 Å². The first-order valence-electron chi connectivity index (χ1n) is 12.1. The fraction of sp³-hybridized carbons (Fsp3) is 0.696. The number of rotatable bonds is 8. The van der Waals surface area contributed by atoms with Crippen LogP contribution in [0.5, 0.6) is 0 Å². The third-order valence-electron chi connectivity index (χ3n) is 5.83. The average molecular weight is 573 g/mol. The highest BCUT2D eigenvalue weighted by Crippen LogP contribution is 2.44. The maximum Gasteiger partial charge on any atom is 0.408 e. The largest absolute Gasteiger partial charge is 0.467 e. The lowest BCUT2D eigenvalue weighted by atomic mass is 10.1. The summed E-state index contributed by atoms with van der Waals surface area (Å²) in [5, 5.41) is 2.59. The molecule has 0 radical (unpaired) electrons. The van der Waals surface area contributed by atoms with Crippen molar-refractivity contribution < 1.29 is 33.3 Å². The molecule has 2 aliphatic heterocycles. The normalized spacial score (nSPS) is 25.2. The first kappa shape index (κ1) is 28.6. The molecule has 5 atom stereocenters. The first-order valence-corrected chi connectivity index (χ1v) is 13.6. The molecule has 210 valence electrons. The first-order chi connectivity index (χ1) is 17.8. The molecule has 1 amide bonds. The SMILES string of the molecule is COC(=O)C(CCSC[C@H]1O[C@@H](n2cnc3c(N)nc(Cl)nc32)[C@@H]2OC(C)(C)O[C@H]21)NC(=O)OC(C)(C)C. The third-order valence-corrected chi connectivity index (χ3v) is 7.09. The second kappa shape index (κ2) is 11.0. The molecule has 0 spiro atoms. The number of nitrogen functional groups attached to an aromatic ring is 1. The van der Waals surface area contributed by atoms with Crippen LogP contribution in [0, 0.1) is 0 Å². The summed E-state index contributed by atoms with van der Waals surface area (Å²) in [6, 6.07) is -0.843. The molecular weight excluding hydrogens is 540 g/mol. The van der Waals surface area contributed by atoms with Crippen molar-refractivity contribution in [2.24, 2.45) is 0 Å². The second-order valence-electron chi connectivity index (χ2n) is 10.4. The number of anilines is 1. The molecular formula is C23H33ClN6O7S. The fourth-order valence-corrected chi connectivity index (χ4v) is 5.60. The van der Waals surface area contributed by atoms with Crippen LogP contribution in [0.3, 0.4) is 0 Å². The molecule has 13 nitrogen and oxygen atoms in total. The Morgan fingerprint density at radius 2 is 2.00 bits per heavy atom. The van der Waals surface area contributed by atoms with Gasteiger partial charge in [0.1, 0.15) is 29.4 Å². The summed E-state index contributed by atoms with van der Waals surface area (Å²) < 4.78 is 30.6. The zero-order chi connectivity index (χ0) is 27.8. The van der Waals surface area contributed by atoms with Gasteiger partial charge in [-0.2, -0.15) is 21.7 Å². The van der Waals surface area contributed by atoms with E-state index < -0.39 is 41.8 Å². The van der Waals surface area contributed by atoms with E-state index in [0.29, 0.717) is 29.1 Å². The number of nitrogens with two attached hydrogens (primary N) is 1. The number of nitrogens with zero attached hydrogens (tertiary/aromatic N) is 4. The van der Waals surface area contributed by atoms with Crippen LogP contribution in [0.2, 0.25) is 5.28 Å². The number of nitrogens with one attached hydrogen (secondary N) is 1. The predicted molar refractivity (Wildman–Crippen MR) is 140 cm³/mol. The summed E-state index contributed by atoms with van der Waals surface area (Å²) in [5.41, 5.74) is 6.12. The van der Waals surface area contributed by atoms with Gasteiger partial charge in [-0.05, 0) is 58.4 Å². The van der Waals surface area contributed by atoms with E-state index >= 15 is 0 Å². The van der Waals surface area contributed by atoms with Gasteiger partial charge in [0, 0.05) is 5.75 Å². The molecule has 4 heterocycles. The molecule has 3 N–H and O–H groups in total. The van der Waals surface area contributed by atoms with Gasteiger partial charge in [-0.1, -0.05) is 0 Å². The van der Waals surface area contributed by atoms with Crippen molar-refractivity contribution in [3.63, 3.8) is 0 Å². The zero-order valence-electron chi connectivity index (χ0n) is 22.1. The molecule has 1 unspecified atom stereocenters. The number of carbonyl (C=O) groups is 2. The van der Waals surface area contributed by atoms with Crippen LogP contribution >= 0.6 is 23.4 Å². The Bertz CT molecular complexity index is 1190. The number of hydrogen-bond donors (Lipinski definition) is 2. The van der Waals surface area contributed by atoms with Gasteiger partial charge in [0.25, 0.3) is 0 Å². The van der Waals surface area contributed by atoms with Gasteiger partial charge in [0.15, 0.2) is 23.5 Å². The standard InChI is InChI=1S/C23H33ClN6O7S/c1-22(2,3)37-21(32)27-11(19(31)33-6)7-8-38-9-12-14-15(36-23(4,5)35-14)18(34-12)30-10-26-13-16(25)28-20(24)29-17(13)30/h10-12,14-15,18H,7-9H2,1-6H3,(H,27,32)(H2,25,28,29)/t11?,12-,14+,15-,18-/m1/s1. The summed E-state index contributed by atoms with van der Waals surface area (Å²) in [4.78, 5) is 37.0. The number of fused-ring (bicyclic) bond motifs is 2. The van der Waals surface area contributed by atoms with E-state index in [1.165, 1.54) is 7.11 Å². The van der Waals surface area contributed by atoms with Crippen molar-refractivity contribution in [1.82, 2.24) is 24.8 Å². The van der Waals surface area contributed by atoms with E-state index in [9.17, 15) is 9.59 Å². The number of esters is 1. The Hall–Kier alpha value is -2.39. The Labute approximate surface area is 229 Å². The molecule has 2 aliphatic rings. The molecule has 38 heavy (non-hydrogen) atoms. The van der Waals surface area contributed by atoms with Gasteiger partial charge in [0.2, 0.25) is 5.28 Å². The van der Waals surface area contributed by atoms with E-state index in [0.717, 1.165) is 0 Å². The smallest absolute Gasteiger partial charge is 0.408 e. The zero-order valence-corrected chi connectivity index (χ0v) is 23.7. The molecule has 2 aromatic heterocycles. The highest BCUT2D eigenvalue weighted by atomic mass is 35.5. The van der Waals surface area contributed by atoms with E-state index in [1.807, 2.05) is 13.8 Å². The number of alkyl carbamates (subject to hydrolysis) is 1. The van der Waals surface area contributed by atoms with Gasteiger partial charge < -0.3 is 34.7 Å². The molecule has 15 heteroatoms. The quantitative estimate of drug-likeness (QED) is 0.270. The lowest BCUT2D eigenvalue weighted by Gasteiger charge is -2.25. The predicted octanol–water partition coefficient (Wildman–Crippen LogP) is 2.67. The van der Waals surface area contributed by atoms with Crippen molar-refractivity contribution in [2.45, 2.75) is 83.0 Å². The maximum atomic E-state index is 12.2. The van der Waals surface area contributed by atoms with Crippen LogP contribution in [0.4, 0.5) is 10.6 Å². The summed E-state index contributed by atoms with van der Waals surface area (Å²) in [6.45, 7) is 8.93. The third kappa shape index (κ3) is 6.42. The summed E-state index contributed by atoms with van der Waals surface area (Å²) in [7, 11) is 1.27. The number of imidazole rings is 1. The molecule has 2 saturated heterocycles. The molecule has 4 rings (SSSR count). The Kier molecular flexibility index (Phi) is 8.28. The number of thioether (sulfide) groups is 1.